The number of carbonyl (C=O) groups is 4. The van der Waals surface area contributed by atoms with Crippen LogP contribution >= 0.6 is 27.5 Å². The molecule has 11 heteroatoms. The largest absolute Gasteiger partial charge is 0.492 e. The predicted molar refractivity (Wildman–Crippen MR) is 252 cm³/mol. The second kappa shape index (κ2) is 19.7. The lowest BCUT2D eigenvalue weighted by Crippen LogP contribution is -2.28. The second-order valence-corrected chi connectivity index (χ2v) is 18.3. The van der Waals surface area contributed by atoms with Gasteiger partial charge < -0.3 is 24.8 Å². The van der Waals surface area contributed by atoms with Crippen molar-refractivity contribution in [1.82, 2.24) is 10.6 Å². The Balaban J connectivity index is 0.779. The summed E-state index contributed by atoms with van der Waals surface area (Å²) in [6.45, 7) is 5.54. The molecule has 6 aromatic rings. The van der Waals surface area contributed by atoms with Gasteiger partial charge >= 0.3 is 11.9 Å². The van der Waals surface area contributed by atoms with Crippen LogP contribution in [0.15, 0.2) is 132 Å². The van der Waals surface area contributed by atoms with Crippen molar-refractivity contribution in [3.8, 4) is 33.8 Å². The molecule has 1 heterocycles. The highest BCUT2D eigenvalue weighted by Gasteiger charge is 2.34. The molecule has 2 amide bonds. The van der Waals surface area contributed by atoms with E-state index in [1.807, 2.05) is 92.7 Å². The second-order valence-electron chi connectivity index (χ2n) is 17.0. The molecule has 0 radical (unpaired) electrons. The fourth-order valence-corrected chi connectivity index (χ4v) is 8.55. The molecule has 1 fully saturated rings. The molecule has 0 bridgehead atoms. The number of rotatable bonds is 15. The predicted octanol–water partition coefficient (Wildman–Crippen LogP) is 11.3. The fraction of sp³-hybridized carbons (Fsp3) is 0.245. The third kappa shape index (κ3) is 10.9. The Labute approximate surface area is 386 Å². The summed E-state index contributed by atoms with van der Waals surface area (Å²) in [5.41, 5.74) is 7.98. The van der Waals surface area contributed by atoms with Crippen LogP contribution in [0.5, 0.6) is 11.5 Å². The minimum absolute atomic E-state index is 0.171. The SMILES string of the molecule is CC1(C)Cc2cc(Br)cc(C(=O)NCCc3ccc(-c4ccc(C(=O)OC(=O)c5ccc(-c6ccc(CCNC(=O)c7cc(Cl)ccc7OCC7CCC7)cc6)cc5)cc4)cc3)c2O1. The number of fused-ring (bicyclic) bond motifs is 1. The average molecular weight is 940 g/mol. The van der Waals surface area contributed by atoms with Crippen molar-refractivity contribution in [2.24, 2.45) is 5.92 Å². The smallest absolute Gasteiger partial charge is 0.346 e. The first-order chi connectivity index (χ1) is 30.9. The summed E-state index contributed by atoms with van der Waals surface area (Å²) < 4.78 is 18.1. The third-order valence-corrected chi connectivity index (χ3v) is 12.3. The number of esters is 2. The number of ether oxygens (including phenoxy) is 3. The van der Waals surface area contributed by atoms with Gasteiger partial charge in [-0.3, -0.25) is 9.59 Å². The fourth-order valence-electron chi connectivity index (χ4n) is 7.87. The Morgan fingerprint density at radius 2 is 1.17 bits per heavy atom. The molecule has 1 aliphatic carbocycles. The van der Waals surface area contributed by atoms with Crippen LogP contribution in [0, 0.1) is 5.92 Å². The summed E-state index contributed by atoms with van der Waals surface area (Å²) in [5, 5.41) is 6.50. The minimum atomic E-state index is -0.738. The van der Waals surface area contributed by atoms with E-state index in [4.69, 9.17) is 25.8 Å². The van der Waals surface area contributed by atoms with E-state index in [1.54, 1.807) is 48.5 Å². The van der Waals surface area contributed by atoms with Gasteiger partial charge in [-0.25, -0.2) is 9.59 Å². The summed E-state index contributed by atoms with van der Waals surface area (Å²) in [7, 11) is 0. The first-order valence-corrected chi connectivity index (χ1v) is 22.7. The molecule has 8 rings (SSSR count). The third-order valence-electron chi connectivity index (χ3n) is 11.7. The van der Waals surface area contributed by atoms with Crippen molar-refractivity contribution in [1.29, 1.82) is 0 Å². The van der Waals surface area contributed by atoms with Gasteiger partial charge in [-0.15, -0.1) is 0 Å². The molecular weight excluding hydrogens is 892 g/mol. The number of halogens is 2. The van der Waals surface area contributed by atoms with E-state index >= 15 is 0 Å². The number of amides is 2. The van der Waals surface area contributed by atoms with Crippen molar-refractivity contribution < 1.29 is 33.4 Å². The Morgan fingerprint density at radius 1 is 0.672 bits per heavy atom. The summed E-state index contributed by atoms with van der Waals surface area (Å²) in [4.78, 5) is 52.0. The van der Waals surface area contributed by atoms with Gasteiger partial charge in [0.05, 0.1) is 28.9 Å². The molecule has 9 nitrogen and oxygen atoms in total. The van der Waals surface area contributed by atoms with Crippen molar-refractivity contribution in [2.45, 2.75) is 58.0 Å². The summed E-state index contributed by atoms with van der Waals surface area (Å²) in [5.74, 6) is -0.124. The van der Waals surface area contributed by atoms with Crippen LogP contribution in [-0.4, -0.2) is 49.1 Å². The molecule has 0 unspecified atom stereocenters. The molecule has 326 valence electrons. The molecule has 1 aliphatic heterocycles. The van der Waals surface area contributed by atoms with Gasteiger partial charge in [-0.05, 0) is 133 Å². The zero-order valence-electron chi connectivity index (χ0n) is 35.7. The number of hydrogen-bond donors (Lipinski definition) is 2. The highest BCUT2D eigenvalue weighted by Crippen LogP contribution is 2.40. The quantitative estimate of drug-likeness (QED) is 0.0777. The molecule has 1 saturated carbocycles. The molecule has 0 aromatic heterocycles. The molecular formula is C53H48BrClN2O7. The van der Waals surface area contributed by atoms with Crippen LogP contribution in [0.4, 0.5) is 0 Å². The molecule has 0 spiro atoms. The number of carbonyl (C=O) groups excluding carboxylic acids is 4. The van der Waals surface area contributed by atoms with Gasteiger partial charge in [0.25, 0.3) is 11.8 Å². The van der Waals surface area contributed by atoms with Crippen molar-refractivity contribution >= 4 is 51.3 Å². The van der Waals surface area contributed by atoms with Crippen molar-refractivity contribution in [3.05, 3.63) is 176 Å². The van der Waals surface area contributed by atoms with E-state index in [0.717, 1.165) is 62.7 Å². The van der Waals surface area contributed by atoms with Gasteiger partial charge in [-0.1, -0.05) is 107 Å². The molecule has 0 atom stereocenters. The standard InChI is InChI=1S/C53H48BrClN2O7/c1-53(2)31-42-28-43(54)29-46(48(42)64-53)50(59)57-27-25-34-8-12-37(13-9-34)39-16-20-41(21-17-39)52(61)63-51(60)40-18-14-38(15-19-40)36-10-6-33(7-11-36)24-26-56-49(58)45-30-44(55)22-23-47(45)62-32-35-4-3-5-35/h6-23,28-30,35H,3-5,24-27,31-32H2,1-2H3,(H,56,58)(H,57,59). The van der Waals surface area contributed by atoms with E-state index in [1.165, 1.54) is 6.42 Å². The van der Waals surface area contributed by atoms with E-state index in [9.17, 15) is 19.2 Å². The maximum atomic E-state index is 13.1. The van der Waals surface area contributed by atoms with E-state index < -0.39 is 11.9 Å². The normalized spacial score (nSPS) is 13.8. The Morgan fingerprint density at radius 3 is 1.67 bits per heavy atom. The summed E-state index contributed by atoms with van der Waals surface area (Å²) in [6, 6.07) is 38.8. The first kappa shape index (κ1) is 44.4. The van der Waals surface area contributed by atoms with Crippen LogP contribution in [0.1, 0.15) is 91.2 Å². The van der Waals surface area contributed by atoms with Crippen molar-refractivity contribution in [3.63, 3.8) is 0 Å². The van der Waals surface area contributed by atoms with E-state index in [-0.39, 0.29) is 28.5 Å². The lowest BCUT2D eigenvalue weighted by atomic mass is 9.86. The highest BCUT2D eigenvalue weighted by molar-refractivity contribution is 9.10. The van der Waals surface area contributed by atoms with Gasteiger partial charge in [0.15, 0.2) is 0 Å². The number of benzene rings is 6. The minimum Gasteiger partial charge on any atom is -0.492 e. The molecule has 6 aromatic carbocycles. The van der Waals surface area contributed by atoms with Crippen molar-refractivity contribution in [2.75, 3.05) is 19.7 Å². The van der Waals surface area contributed by atoms with Crippen LogP contribution in [0.2, 0.25) is 5.02 Å². The summed E-state index contributed by atoms with van der Waals surface area (Å²) in [6.07, 6.45) is 5.57. The zero-order chi connectivity index (χ0) is 44.8. The van der Waals surface area contributed by atoms with Gasteiger partial charge in [0.2, 0.25) is 0 Å². The van der Waals surface area contributed by atoms with Gasteiger partial charge in [0.1, 0.15) is 17.1 Å². The lowest BCUT2D eigenvalue weighted by Gasteiger charge is -2.25. The molecule has 0 saturated heterocycles. The zero-order valence-corrected chi connectivity index (χ0v) is 38.0. The van der Waals surface area contributed by atoms with Gasteiger partial charge in [-0.2, -0.15) is 0 Å². The lowest BCUT2D eigenvalue weighted by molar-refractivity contribution is 0.0397. The average Bonchev–Trinajstić information content (AvgIpc) is 3.59. The van der Waals surface area contributed by atoms with E-state index in [2.05, 4.69) is 26.6 Å². The van der Waals surface area contributed by atoms with Gasteiger partial charge in [0, 0.05) is 34.6 Å². The monoisotopic (exact) mass is 938 g/mol. The van der Waals surface area contributed by atoms with Crippen LogP contribution in [0.25, 0.3) is 22.3 Å². The van der Waals surface area contributed by atoms with E-state index in [0.29, 0.717) is 66.1 Å². The molecule has 64 heavy (non-hydrogen) atoms. The first-order valence-electron chi connectivity index (χ1n) is 21.5. The van der Waals surface area contributed by atoms with Crippen LogP contribution < -0.4 is 20.1 Å². The Bertz CT molecular complexity index is 2680. The Hall–Kier alpha value is -6.23. The number of nitrogens with one attached hydrogen (secondary N) is 2. The topological polar surface area (TPSA) is 120 Å². The molecule has 2 aliphatic rings. The maximum Gasteiger partial charge on any atom is 0.346 e. The Kier molecular flexibility index (Phi) is 13.6. The van der Waals surface area contributed by atoms with Crippen LogP contribution in [0.3, 0.4) is 0 Å². The summed E-state index contributed by atoms with van der Waals surface area (Å²) >= 11 is 9.73. The molecule has 2 N–H and O–H groups in total. The number of hydrogen-bond acceptors (Lipinski definition) is 7. The van der Waals surface area contributed by atoms with Crippen LogP contribution in [-0.2, 0) is 24.0 Å². The maximum absolute atomic E-state index is 13.1. The highest BCUT2D eigenvalue weighted by atomic mass is 79.9.